The zero-order chi connectivity index (χ0) is 19.7. The highest BCUT2D eigenvalue weighted by molar-refractivity contribution is 7.13. The molecule has 1 aliphatic heterocycles. The number of nitrogens with one attached hydrogen (secondary N) is 2. The van der Waals surface area contributed by atoms with E-state index in [1.54, 1.807) is 43.3 Å². The summed E-state index contributed by atoms with van der Waals surface area (Å²) in [5.74, 6) is -0.660. The maximum absolute atomic E-state index is 13.0. The van der Waals surface area contributed by atoms with Gasteiger partial charge in [0.2, 0.25) is 0 Å². The summed E-state index contributed by atoms with van der Waals surface area (Å²) in [4.78, 5) is 42.2. The van der Waals surface area contributed by atoms with Crippen LogP contribution in [0.25, 0.3) is 10.8 Å². The molecule has 4 amide bonds. The van der Waals surface area contributed by atoms with Crippen molar-refractivity contribution >= 4 is 29.2 Å². The van der Waals surface area contributed by atoms with Gasteiger partial charge in [-0.3, -0.25) is 15.0 Å². The van der Waals surface area contributed by atoms with E-state index in [9.17, 15) is 14.4 Å². The van der Waals surface area contributed by atoms with Crippen LogP contribution in [0.15, 0.2) is 58.5 Å². The number of benzene rings is 1. The molecular weight excluding hydrogens is 380 g/mol. The van der Waals surface area contributed by atoms with Crippen molar-refractivity contribution in [2.24, 2.45) is 0 Å². The van der Waals surface area contributed by atoms with Crippen molar-refractivity contribution in [2.45, 2.75) is 18.9 Å². The highest BCUT2D eigenvalue weighted by atomic mass is 32.1. The normalized spacial score (nSPS) is 19.0. The summed E-state index contributed by atoms with van der Waals surface area (Å²) < 4.78 is 5.26. The van der Waals surface area contributed by atoms with E-state index in [0.717, 1.165) is 0 Å². The van der Waals surface area contributed by atoms with Crippen molar-refractivity contribution in [3.8, 4) is 10.8 Å². The Bertz CT molecular complexity index is 1030. The minimum absolute atomic E-state index is 0.0886. The number of urea groups is 1. The van der Waals surface area contributed by atoms with Gasteiger partial charge in [0.25, 0.3) is 11.8 Å². The number of hydrazine groups is 1. The van der Waals surface area contributed by atoms with Gasteiger partial charge in [-0.05, 0) is 24.1 Å². The quantitative estimate of drug-likeness (QED) is 0.645. The van der Waals surface area contributed by atoms with Gasteiger partial charge in [0.1, 0.15) is 11.2 Å². The van der Waals surface area contributed by atoms with Crippen LogP contribution in [0, 0.1) is 0 Å². The number of furan rings is 1. The number of thiazole rings is 1. The van der Waals surface area contributed by atoms with Gasteiger partial charge in [-0.2, -0.15) is 5.01 Å². The zero-order valence-electron chi connectivity index (χ0n) is 14.8. The first kappa shape index (κ1) is 17.9. The van der Waals surface area contributed by atoms with Gasteiger partial charge in [0, 0.05) is 5.38 Å². The number of aromatic nitrogens is 1. The van der Waals surface area contributed by atoms with Crippen LogP contribution in [-0.2, 0) is 10.3 Å². The van der Waals surface area contributed by atoms with E-state index in [1.807, 2.05) is 6.07 Å². The second kappa shape index (κ2) is 6.93. The lowest BCUT2D eigenvalue weighted by Gasteiger charge is -2.25. The van der Waals surface area contributed by atoms with Crippen molar-refractivity contribution < 1.29 is 18.8 Å². The molecular formula is C19H16N4O4S. The van der Waals surface area contributed by atoms with Crippen LogP contribution in [0.1, 0.15) is 29.4 Å². The van der Waals surface area contributed by atoms with Gasteiger partial charge < -0.3 is 9.73 Å². The first-order valence-electron chi connectivity index (χ1n) is 8.58. The summed E-state index contributed by atoms with van der Waals surface area (Å²) in [6.07, 6.45) is 1.85. The largest absolute Gasteiger partial charge is 0.462 e. The lowest BCUT2D eigenvalue weighted by atomic mass is 9.87. The van der Waals surface area contributed by atoms with Crippen molar-refractivity contribution in [3.63, 3.8) is 0 Å². The molecule has 142 valence electrons. The number of hydrogen-bond donors (Lipinski definition) is 2. The molecule has 1 aromatic carbocycles. The van der Waals surface area contributed by atoms with Gasteiger partial charge in [-0.15, -0.1) is 11.3 Å². The molecule has 0 aliphatic carbocycles. The molecule has 8 nitrogen and oxygen atoms in total. The number of nitrogens with zero attached hydrogens (tertiary/aromatic N) is 2. The van der Waals surface area contributed by atoms with E-state index in [-0.39, 0.29) is 5.69 Å². The standard InChI is InChI=1S/C19H16N4O4S/c1-2-19(12-7-4-3-5-8-12)17(25)23(18(26)21-19)22-15(24)13-11-28-16(20-13)14-9-6-10-27-14/h3-11H,2H2,1H3,(H,21,26)(H,22,24)/t19-/m1/s1. The fourth-order valence-corrected chi connectivity index (χ4v) is 3.86. The topological polar surface area (TPSA) is 105 Å². The Labute approximate surface area is 164 Å². The third-order valence-electron chi connectivity index (χ3n) is 4.57. The van der Waals surface area contributed by atoms with Gasteiger partial charge in [-0.1, -0.05) is 37.3 Å². The minimum Gasteiger partial charge on any atom is -0.462 e. The van der Waals surface area contributed by atoms with Gasteiger partial charge in [0.05, 0.1) is 6.26 Å². The Hall–Kier alpha value is -3.46. The van der Waals surface area contributed by atoms with Crippen molar-refractivity contribution in [1.29, 1.82) is 0 Å². The minimum atomic E-state index is -1.22. The highest BCUT2D eigenvalue weighted by Crippen LogP contribution is 2.31. The van der Waals surface area contributed by atoms with Crippen molar-refractivity contribution in [3.05, 3.63) is 65.4 Å². The lowest BCUT2D eigenvalue weighted by molar-refractivity contribution is -0.133. The molecule has 3 aromatic rings. The number of hydrogen-bond acceptors (Lipinski definition) is 6. The molecule has 1 atom stereocenters. The zero-order valence-corrected chi connectivity index (χ0v) is 15.7. The van der Waals surface area contributed by atoms with Crippen LogP contribution < -0.4 is 10.7 Å². The van der Waals surface area contributed by atoms with Crippen molar-refractivity contribution in [2.75, 3.05) is 0 Å². The molecule has 28 heavy (non-hydrogen) atoms. The maximum Gasteiger partial charge on any atom is 0.344 e. The van der Waals surface area contributed by atoms with Crippen molar-refractivity contribution in [1.82, 2.24) is 20.7 Å². The van der Waals surface area contributed by atoms with E-state index in [0.29, 0.717) is 27.8 Å². The van der Waals surface area contributed by atoms with Gasteiger partial charge in [0.15, 0.2) is 10.8 Å². The Balaban J connectivity index is 1.56. The van der Waals surface area contributed by atoms with E-state index >= 15 is 0 Å². The third-order valence-corrected chi connectivity index (χ3v) is 5.43. The molecule has 2 aromatic heterocycles. The van der Waals surface area contributed by atoms with E-state index < -0.39 is 23.4 Å². The van der Waals surface area contributed by atoms with Gasteiger partial charge in [-0.25, -0.2) is 9.78 Å². The van der Waals surface area contributed by atoms with Gasteiger partial charge >= 0.3 is 6.03 Å². The first-order chi connectivity index (χ1) is 13.5. The summed E-state index contributed by atoms with van der Waals surface area (Å²) in [5.41, 5.74) is 1.89. The molecule has 1 saturated heterocycles. The summed E-state index contributed by atoms with van der Waals surface area (Å²) in [6, 6.07) is 11.7. The number of imide groups is 1. The monoisotopic (exact) mass is 396 g/mol. The highest BCUT2D eigenvalue weighted by Gasteiger charge is 2.52. The molecule has 0 unspecified atom stereocenters. The molecule has 0 saturated carbocycles. The van der Waals surface area contributed by atoms with Crippen LogP contribution in [0.3, 0.4) is 0 Å². The average molecular weight is 396 g/mol. The Kier molecular flexibility index (Phi) is 4.44. The Morgan fingerprint density at radius 2 is 2.04 bits per heavy atom. The molecule has 4 rings (SSSR count). The number of carbonyl (C=O) groups excluding carboxylic acids is 3. The summed E-state index contributed by atoms with van der Waals surface area (Å²) in [7, 11) is 0. The number of carbonyl (C=O) groups is 3. The summed E-state index contributed by atoms with van der Waals surface area (Å²) in [6.45, 7) is 1.80. The van der Waals surface area contributed by atoms with Crippen LogP contribution >= 0.6 is 11.3 Å². The SMILES string of the molecule is CC[C@]1(c2ccccc2)NC(=O)N(NC(=O)c2csc(-c3ccco3)n2)C1=O. The molecule has 0 bridgehead atoms. The first-order valence-corrected chi connectivity index (χ1v) is 9.46. The second-order valence-electron chi connectivity index (χ2n) is 6.15. The summed E-state index contributed by atoms with van der Waals surface area (Å²) >= 11 is 1.23. The molecule has 1 fully saturated rings. The molecule has 9 heteroatoms. The Morgan fingerprint density at radius 3 is 2.71 bits per heavy atom. The van der Waals surface area contributed by atoms with Crippen LogP contribution in [-0.4, -0.2) is 27.8 Å². The van der Waals surface area contributed by atoms with Crippen LogP contribution in [0.4, 0.5) is 4.79 Å². The third kappa shape index (κ3) is 2.85. The van der Waals surface area contributed by atoms with E-state index in [4.69, 9.17) is 4.42 Å². The molecule has 1 aliphatic rings. The van der Waals surface area contributed by atoms with E-state index in [1.165, 1.54) is 23.0 Å². The fourth-order valence-electron chi connectivity index (χ4n) is 3.09. The predicted molar refractivity (Wildman–Crippen MR) is 101 cm³/mol. The number of rotatable bonds is 5. The molecule has 3 heterocycles. The average Bonchev–Trinajstić information content (AvgIpc) is 3.45. The summed E-state index contributed by atoms with van der Waals surface area (Å²) in [5, 5.41) is 5.49. The van der Waals surface area contributed by atoms with E-state index in [2.05, 4.69) is 15.7 Å². The second-order valence-corrected chi connectivity index (χ2v) is 7.01. The molecule has 0 spiro atoms. The van der Waals surface area contributed by atoms with Crippen LogP contribution in [0.5, 0.6) is 0 Å². The lowest BCUT2D eigenvalue weighted by Crippen LogP contribution is -2.48. The molecule has 2 N–H and O–H groups in total. The van der Waals surface area contributed by atoms with Crippen LogP contribution in [0.2, 0.25) is 0 Å². The smallest absolute Gasteiger partial charge is 0.344 e. The maximum atomic E-state index is 13.0. The number of amides is 4. The Morgan fingerprint density at radius 1 is 1.25 bits per heavy atom. The fraction of sp³-hybridized carbons (Fsp3) is 0.158. The predicted octanol–water partition coefficient (Wildman–Crippen LogP) is 2.91. The molecule has 0 radical (unpaired) electrons.